The van der Waals surface area contributed by atoms with Crippen molar-refractivity contribution in [3.63, 3.8) is 0 Å². The fraction of sp³-hybridized carbons (Fsp3) is 0.556. The van der Waals surface area contributed by atoms with E-state index in [0.29, 0.717) is 11.9 Å². The molecule has 4 rings (SSSR count). The third-order valence-electron chi connectivity index (χ3n) is 4.68. The predicted octanol–water partition coefficient (Wildman–Crippen LogP) is 3.39. The molecule has 2 N–H and O–H groups in total. The molecule has 5 nitrogen and oxygen atoms in total. The lowest BCUT2D eigenvalue weighted by Gasteiger charge is -2.22. The summed E-state index contributed by atoms with van der Waals surface area (Å²) in [5.74, 6) is 2.23. The molecule has 1 saturated carbocycles. The van der Waals surface area contributed by atoms with Gasteiger partial charge in [-0.15, -0.1) is 12.4 Å². The Hall–Kier alpha value is -1.59. The van der Waals surface area contributed by atoms with E-state index in [-0.39, 0.29) is 12.4 Å². The minimum absolute atomic E-state index is 0. The number of aromatic nitrogens is 2. The van der Waals surface area contributed by atoms with Gasteiger partial charge in [0.25, 0.3) is 5.88 Å². The molecule has 1 aliphatic carbocycles. The third kappa shape index (κ3) is 4.28. The van der Waals surface area contributed by atoms with Gasteiger partial charge in [0.1, 0.15) is 0 Å². The second kappa shape index (κ2) is 7.99. The highest BCUT2D eigenvalue weighted by Gasteiger charge is 2.24. The summed E-state index contributed by atoms with van der Waals surface area (Å²) in [6.45, 7) is 2.99. The van der Waals surface area contributed by atoms with Crippen molar-refractivity contribution in [1.82, 2.24) is 15.3 Å². The molecule has 0 atom stereocenters. The summed E-state index contributed by atoms with van der Waals surface area (Å²) in [6.07, 6.45) is 6.02. The molecule has 1 aliphatic heterocycles. The van der Waals surface area contributed by atoms with E-state index in [1.54, 1.807) is 0 Å². The number of nitrogens with zero attached hydrogens (tertiary/aromatic N) is 2. The summed E-state index contributed by atoms with van der Waals surface area (Å²) >= 11 is 0. The SMILES string of the molecule is Cl.c1ccc2nc(OCCC3CCNCC3)c(NC3CC3)nc2c1. The molecule has 0 radical (unpaired) electrons. The van der Waals surface area contributed by atoms with Gasteiger partial charge < -0.3 is 15.4 Å². The number of hydrogen-bond donors (Lipinski definition) is 2. The van der Waals surface area contributed by atoms with E-state index in [2.05, 4.69) is 15.6 Å². The van der Waals surface area contributed by atoms with Crippen LogP contribution in [-0.2, 0) is 0 Å². The number of ether oxygens (including phenoxy) is 1. The quantitative estimate of drug-likeness (QED) is 0.838. The van der Waals surface area contributed by atoms with Gasteiger partial charge in [0.05, 0.1) is 17.6 Å². The van der Waals surface area contributed by atoms with Crippen molar-refractivity contribution in [2.45, 2.75) is 38.1 Å². The van der Waals surface area contributed by atoms with Crippen LogP contribution in [0.1, 0.15) is 32.1 Å². The van der Waals surface area contributed by atoms with Crippen molar-refractivity contribution in [2.24, 2.45) is 5.92 Å². The van der Waals surface area contributed by atoms with E-state index >= 15 is 0 Å². The number of anilines is 1. The van der Waals surface area contributed by atoms with Crippen molar-refractivity contribution in [3.05, 3.63) is 24.3 Å². The monoisotopic (exact) mass is 348 g/mol. The normalized spacial score (nSPS) is 18.2. The lowest BCUT2D eigenvalue weighted by molar-refractivity contribution is 0.246. The topological polar surface area (TPSA) is 59.1 Å². The minimum atomic E-state index is 0. The first-order valence-corrected chi connectivity index (χ1v) is 8.75. The van der Waals surface area contributed by atoms with Crippen molar-refractivity contribution in [2.75, 3.05) is 25.0 Å². The van der Waals surface area contributed by atoms with Gasteiger partial charge in [0, 0.05) is 6.04 Å². The number of benzene rings is 1. The molecule has 2 aromatic rings. The van der Waals surface area contributed by atoms with Crippen LogP contribution in [0.4, 0.5) is 5.82 Å². The zero-order valence-electron chi connectivity index (χ0n) is 13.8. The highest BCUT2D eigenvalue weighted by Crippen LogP contribution is 2.30. The molecule has 0 unspecified atom stereocenters. The molecule has 2 fully saturated rings. The molecule has 130 valence electrons. The lowest BCUT2D eigenvalue weighted by atomic mass is 9.95. The van der Waals surface area contributed by atoms with E-state index in [1.807, 2.05) is 24.3 Å². The maximum atomic E-state index is 6.02. The van der Waals surface area contributed by atoms with Crippen molar-refractivity contribution in [3.8, 4) is 5.88 Å². The Morgan fingerprint density at radius 1 is 1.04 bits per heavy atom. The second-order valence-corrected chi connectivity index (χ2v) is 6.62. The second-order valence-electron chi connectivity index (χ2n) is 6.62. The molecule has 0 spiro atoms. The van der Waals surface area contributed by atoms with Crippen LogP contribution in [0, 0.1) is 5.92 Å². The Labute approximate surface area is 149 Å². The van der Waals surface area contributed by atoms with Crippen molar-refractivity contribution >= 4 is 29.3 Å². The smallest absolute Gasteiger partial charge is 0.258 e. The largest absolute Gasteiger partial charge is 0.475 e. The summed E-state index contributed by atoms with van der Waals surface area (Å²) in [5, 5.41) is 6.86. The molecular weight excluding hydrogens is 324 g/mol. The predicted molar refractivity (Wildman–Crippen MR) is 99.1 cm³/mol. The van der Waals surface area contributed by atoms with Gasteiger partial charge >= 0.3 is 0 Å². The highest BCUT2D eigenvalue weighted by molar-refractivity contribution is 5.85. The van der Waals surface area contributed by atoms with Crippen LogP contribution < -0.4 is 15.4 Å². The molecule has 0 bridgehead atoms. The number of fused-ring (bicyclic) bond motifs is 1. The molecule has 2 aliphatic rings. The summed E-state index contributed by atoms with van der Waals surface area (Å²) in [5.41, 5.74) is 1.81. The maximum Gasteiger partial charge on any atom is 0.258 e. The number of para-hydroxylation sites is 2. The first-order valence-electron chi connectivity index (χ1n) is 8.75. The van der Waals surface area contributed by atoms with Gasteiger partial charge in [-0.05, 0) is 63.2 Å². The third-order valence-corrected chi connectivity index (χ3v) is 4.68. The zero-order valence-corrected chi connectivity index (χ0v) is 14.6. The summed E-state index contributed by atoms with van der Waals surface area (Å²) < 4.78 is 6.02. The Balaban J connectivity index is 0.00000169. The van der Waals surface area contributed by atoms with Crippen LogP contribution in [0.25, 0.3) is 11.0 Å². The van der Waals surface area contributed by atoms with Crippen molar-refractivity contribution < 1.29 is 4.74 Å². The minimum Gasteiger partial charge on any atom is -0.475 e. The van der Waals surface area contributed by atoms with E-state index in [0.717, 1.165) is 48.9 Å². The van der Waals surface area contributed by atoms with Crippen LogP contribution in [0.15, 0.2) is 24.3 Å². The average Bonchev–Trinajstić information content (AvgIpc) is 3.40. The summed E-state index contributed by atoms with van der Waals surface area (Å²) in [4.78, 5) is 9.39. The fourth-order valence-electron chi connectivity index (χ4n) is 3.09. The fourth-order valence-corrected chi connectivity index (χ4v) is 3.09. The Morgan fingerprint density at radius 3 is 2.46 bits per heavy atom. The van der Waals surface area contributed by atoms with Crippen LogP contribution >= 0.6 is 12.4 Å². The zero-order chi connectivity index (χ0) is 15.5. The van der Waals surface area contributed by atoms with Gasteiger partial charge in [-0.25, -0.2) is 9.97 Å². The first-order chi connectivity index (χ1) is 11.4. The van der Waals surface area contributed by atoms with E-state index in [9.17, 15) is 0 Å². The number of hydrogen-bond acceptors (Lipinski definition) is 5. The molecule has 0 amide bonds. The maximum absolute atomic E-state index is 6.02. The van der Waals surface area contributed by atoms with Gasteiger partial charge in [-0.1, -0.05) is 12.1 Å². The van der Waals surface area contributed by atoms with Gasteiger partial charge in [-0.3, -0.25) is 0 Å². The summed E-state index contributed by atoms with van der Waals surface area (Å²) in [7, 11) is 0. The Kier molecular flexibility index (Phi) is 5.74. The molecule has 1 aromatic carbocycles. The van der Waals surface area contributed by atoms with Gasteiger partial charge in [-0.2, -0.15) is 0 Å². The molecule has 1 aromatic heterocycles. The van der Waals surface area contributed by atoms with Crippen LogP contribution in [-0.4, -0.2) is 35.7 Å². The Morgan fingerprint density at radius 2 is 1.75 bits per heavy atom. The van der Waals surface area contributed by atoms with Gasteiger partial charge in [0.15, 0.2) is 5.82 Å². The van der Waals surface area contributed by atoms with Crippen LogP contribution in [0.2, 0.25) is 0 Å². The molecule has 6 heteroatoms. The lowest BCUT2D eigenvalue weighted by Crippen LogP contribution is -2.28. The molecule has 2 heterocycles. The highest BCUT2D eigenvalue weighted by atomic mass is 35.5. The van der Waals surface area contributed by atoms with E-state index in [4.69, 9.17) is 9.72 Å². The number of halogens is 1. The molecule has 24 heavy (non-hydrogen) atoms. The first kappa shape index (κ1) is 17.2. The molecule has 1 saturated heterocycles. The van der Waals surface area contributed by atoms with Crippen LogP contribution in [0.3, 0.4) is 0 Å². The van der Waals surface area contributed by atoms with E-state index in [1.165, 1.54) is 25.7 Å². The molecular formula is C18H25ClN4O. The van der Waals surface area contributed by atoms with Crippen molar-refractivity contribution in [1.29, 1.82) is 0 Å². The number of piperidine rings is 1. The standard InChI is InChI=1S/C18H24N4O.ClH/c1-2-4-16-15(3-1)21-17(20-14-5-6-14)18(22-16)23-12-9-13-7-10-19-11-8-13;/h1-4,13-14,19H,5-12H2,(H,20,21);1H. The van der Waals surface area contributed by atoms with Crippen LogP contribution in [0.5, 0.6) is 5.88 Å². The Bertz CT molecular complexity index is 671. The van der Waals surface area contributed by atoms with E-state index < -0.39 is 0 Å². The summed E-state index contributed by atoms with van der Waals surface area (Å²) in [6, 6.07) is 8.51. The number of nitrogens with one attached hydrogen (secondary N) is 2. The number of rotatable bonds is 6. The average molecular weight is 349 g/mol. The van der Waals surface area contributed by atoms with Gasteiger partial charge in [0.2, 0.25) is 0 Å².